The summed E-state index contributed by atoms with van der Waals surface area (Å²) in [6.45, 7) is 42.1. The Morgan fingerprint density at radius 2 is 0.961 bits per heavy atom. The van der Waals surface area contributed by atoms with E-state index in [2.05, 4.69) is 103 Å². The third kappa shape index (κ3) is 43.5. The molecule has 0 bridgehead atoms. The number of phenolic OH excluding ortho intramolecular Hbond substituents is 2. The molecule has 2 rings (SSSR count). The second kappa shape index (κ2) is 52.4. The molecule has 30 nitrogen and oxygen atoms in total. The Labute approximate surface area is 612 Å². The summed E-state index contributed by atoms with van der Waals surface area (Å²) >= 11 is 1.34. The molecule has 0 aliphatic heterocycles. The average molecular weight is 1470 g/mol. The van der Waals surface area contributed by atoms with Crippen LogP contribution in [0.15, 0.2) is 69.2 Å². The minimum absolute atomic E-state index is 0.00352. The number of ketones is 1. The Morgan fingerprint density at radius 3 is 1.34 bits per heavy atom. The number of oxime groups is 4. The molecule has 0 aromatic heterocycles. The lowest BCUT2D eigenvalue weighted by molar-refractivity contribution is -0.138. The number of aromatic hydroxyl groups is 2. The monoisotopic (exact) mass is 1460 g/mol. The van der Waals surface area contributed by atoms with Gasteiger partial charge in [-0.2, -0.15) is 0 Å². The number of carbonyl (C=O) groups is 5. The van der Waals surface area contributed by atoms with Gasteiger partial charge in [0.05, 0.1) is 57.3 Å². The number of nitrogens with zero attached hydrogens (tertiary/aromatic N) is 5. The number of carboxylic acids is 1. The number of Topliss-reactive ketones (excluding diaryl/α,β-unsaturated/α-hetero) is 1. The van der Waals surface area contributed by atoms with E-state index in [1.807, 2.05) is 141 Å². The largest absolute Gasteiger partial charge is 0.508 e. The zero-order valence-corrected chi connectivity index (χ0v) is 65.9. The molecule has 586 valence electrons. The van der Waals surface area contributed by atoms with Gasteiger partial charge in [-0.15, -0.1) is 11.8 Å². The Hall–Kier alpha value is -6.62. The topological polar surface area (TPSA) is 433 Å². The molecule has 31 heteroatoms. The summed E-state index contributed by atoms with van der Waals surface area (Å²) in [5.74, 6) is -2.45. The highest BCUT2D eigenvalue weighted by molar-refractivity contribution is 8.00. The Kier molecular flexibility index (Phi) is 50.0. The first-order valence-corrected chi connectivity index (χ1v) is 35.9. The number of aliphatic carboxylic acids is 1. The predicted octanol–water partition coefficient (Wildman–Crippen LogP) is 4.71. The van der Waals surface area contributed by atoms with Crippen molar-refractivity contribution in [2.45, 2.75) is 177 Å². The van der Waals surface area contributed by atoms with E-state index in [4.69, 9.17) is 30.7 Å². The minimum atomic E-state index is -1.19. The first-order chi connectivity index (χ1) is 47.8. The van der Waals surface area contributed by atoms with E-state index in [1.54, 1.807) is 26.0 Å². The normalized spacial score (nSPS) is 13.3. The number of rotatable bonds is 49. The molecular weight excluding hydrogens is 1330 g/mol. The third-order valence-corrected chi connectivity index (χ3v) is 18.6. The molecule has 0 saturated heterocycles. The summed E-state index contributed by atoms with van der Waals surface area (Å²) in [5.41, 5.74) is 2.75. The Bertz CT molecular complexity index is 2720. The number of hydrogen-bond acceptors (Lipinski definition) is 27. The van der Waals surface area contributed by atoms with Gasteiger partial charge in [-0.3, -0.25) is 28.9 Å². The molecule has 0 spiro atoms. The first kappa shape index (κ1) is 97.4. The fourth-order valence-electron chi connectivity index (χ4n) is 9.42. The van der Waals surface area contributed by atoms with Crippen LogP contribution >= 0.6 is 11.8 Å². The van der Waals surface area contributed by atoms with Crippen LogP contribution in [0.4, 0.5) is 0 Å². The van der Waals surface area contributed by atoms with Crippen LogP contribution in [0, 0.1) is 16.7 Å². The molecule has 0 aliphatic carbocycles. The van der Waals surface area contributed by atoms with Gasteiger partial charge >= 0.3 is 5.97 Å². The van der Waals surface area contributed by atoms with Gasteiger partial charge in [0.2, 0.25) is 17.7 Å². The maximum absolute atomic E-state index is 12.4. The summed E-state index contributed by atoms with van der Waals surface area (Å²) in [7, 11) is 7.34. The lowest BCUT2D eigenvalue weighted by Gasteiger charge is -2.37. The van der Waals surface area contributed by atoms with Crippen LogP contribution in [-0.2, 0) is 41.8 Å². The molecular formula is C71H133N17O13S. The standard InChI is InChI=1S/C20H29N3O2.C18H31N3O7S.C17H38N6O2.C16H35N5O2/c1-20(13-21-2,14-22-11-16-7-3-5-9-18(16)24)15-23-12-17-8-4-6-10-19(17)25;1-4-28-12(2)29-11-14(22)8-13(6-5-7-15(23)19-3)18(27)21-9-16(24)20-10-17(25)26;1-14(21-24)16(3,4)19-9-12-23(11-8-18-7)13-10-20-17(5,6)15(2)22-25;1-12(20-22)14(3,4)18-10-16(7,9-17-8)11-19-15(5,6)13(2)21-23/h3-10,21-25H,11-15H2,1-2H3;12-13H,4-11H2,1-3H3,(H,19,23)(H,20,24)(H,21,27)(H,25,26);18-20,24-25H,8-13H2,1-7H3;17-19,22-23H,9-11H2,1-8H3/b;;21-14-,22-15-;20-12+,21-13+. The zero-order chi connectivity index (χ0) is 78.2. The fourth-order valence-corrected chi connectivity index (χ4v) is 10.2. The van der Waals surface area contributed by atoms with Gasteiger partial charge < -0.3 is 105 Å². The molecule has 2 unspecified atom stereocenters. The summed E-state index contributed by atoms with van der Waals surface area (Å²) in [5, 5.41) is 115. The maximum atomic E-state index is 12.4. The van der Waals surface area contributed by atoms with Crippen LogP contribution in [0.3, 0.4) is 0 Å². The van der Waals surface area contributed by atoms with Crippen LogP contribution in [-0.4, -0.2) is 253 Å². The molecule has 2 atom stereocenters. The lowest BCUT2D eigenvalue weighted by Crippen LogP contribution is -2.57. The highest BCUT2D eigenvalue weighted by Crippen LogP contribution is 2.22. The quantitative estimate of drug-likeness (QED) is 0.0185. The SMILES string of the molecule is CCOC(C)SCC(=O)CC(CCCC(=O)NC)C(=O)NCC(=O)NCC(=O)O.CNCC(C)(CNC(C)(C)/C(C)=N/O)CNC(C)(C)/C(C)=N/O.CNCC(C)(CNCc1ccccc1O)CNCc1ccccc1O.CNCCN(CCNC(C)(C)/C(C)=N\O)CCNC(C)(C)/C(C)=N\O. The van der Waals surface area contributed by atoms with Crippen molar-refractivity contribution < 1.29 is 64.9 Å². The van der Waals surface area contributed by atoms with Crippen molar-refractivity contribution in [1.29, 1.82) is 0 Å². The number of benzene rings is 2. The van der Waals surface area contributed by atoms with Crippen molar-refractivity contribution in [1.82, 2.24) is 68.7 Å². The van der Waals surface area contributed by atoms with Crippen LogP contribution in [0.5, 0.6) is 11.5 Å². The van der Waals surface area contributed by atoms with Crippen LogP contribution in [0.1, 0.15) is 148 Å². The van der Waals surface area contributed by atoms with Gasteiger partial charge in [-0.25, -0.2) is 0 Å². The van der Waals surface area contributed by atoms with E-state index in [1.165, 1.54) is 18.8 Å². The molecule has 2 aromatic rings. The van der Waals surface area contributed by atoms with Crippen molar-refractivity contribution >= 4 is 64.1 Å². The summed E-state index contributed by atoms with van der Waals surface area (Å²) in [6, 6.07) is 14.8. The number of thioether (sulfide) groups is 1. The van der Waals surface area contributed by atoms with Gasteiger partial charge in [-0.05, 0) is 143 Å². The van der Waals surface area contributed by atoms with E-state index in [0.717, 1.165) is 89.7 Å². The minimum Gasteiger partial charge on any atom is -0.508 e. The highest BCUT2D eigenvalue weighted by atomic mass is 32.2. The molecule has 0 fully saturated rings. The van der Waals surface area contributed by atoms with Gasteiger partial charge in [0, 0.05) is 146 Å². The fraction of sp³-hybridized carbons (Fsp3) is 0.704. The van der Waals surface area contributed by atoms with Gasteiger partial charge in [0.1, 0.15) is 29.3 Å². The van der Waals surface area contributed by atoms with E-state index >= 15 is 0 Å². The second-order valence-corrected chi connectivity index (χ2v) is 29.4. The Balaban J connectivity index is 0. The highest BCUT2D eigenvalue weighted by Gasteiger charge is 2.33. The molecule has 0 saturated carbocycles. The lowest BCUT2D eigenvalue weighted by atomic mass is 9.86. The van der Waals surface area contributed by atoms with E-state index in [-0.39, 0.29) is 75.3 Å². The number of para-hydroxylation sites is 2. The molecule has 19 N–H and O–H groups in total. The molecule has 0 aliphatic rings. The smallest absolute Gasteiger partial charge is 0.322 e. The molecule has 3 amide bonds. The molecule has 0 radical (unpaired) electrons. The number of hydrogen-bond donors (Lipinski definition) is 19. The van der Waals surface area contributed by atoms with Crippen LogP contribution < -0.4 is 63.8 Å². The number of carboxylic acid groups (broad SMARTS) is 1. The van der Waals surface area contributed by atoms with Crippen LogP contribution in [0.25, 0.3) is 0 Å². The number of amides is 3. The molecule has 2 aromatic carbocycles. The second-order valence-electron chi connectivity index (χ2n) is 28.1. The first-order valence-electron chi connectivity index (χ1n) is 34.9. The van der Waals surface area contributed by atoms with Crippen LogP contribution in [0.2, 0.25) is 0 Å². The Morgan fingerprint density at radius 1 is 0.549 bits per heavy atom. The molecule has 102 heavy (non-hydrogen) atoms. The van der Waals surface area contributed by atoms with Gasteiger partial charge in [0.25, 0.3) is 0 Å². The van der Waals surface area contributed by atoms with E-state index in [0.29, 0.717) is 66.9 Å². The summed E-state index contributed by atoms with van der Waals surface area (Å²) < 4.78 is 5.35. The van der Waals surface area contributed by atoms with Crippen molar-refractivity contribution in [3.05, 3.63) is 59.7 Å². The number of nitrogens with one attached hydrogen (secondary N) is 12. The van der Waals surface area contributed by atoms with Crippen molar-refractivity contribution in [3.8, 4) is 11.5 Å². The maximum Gasteiger partial charge on any atom is 0.322 e. The third-order valence-electron chi connectivity index (χ3n) is 17.5. The van der Waals surface area contributed by atoms with E-state index < -0.39 is 30.2 Å². The van der Waals surface area contributed by atoms with E-state index in [9.17, 15) is 34.2 Å². The number of likely N-dealkylation sites (N-methyl/N-ethyl adjacent to an activating group) is 1. The predicted molar refractivity (Wildman–Crippen MR) is 410 cm³/mol. The average Bonchev–Trinajstić information content (AvgIpc) is 0.845. The number of phenols is 2. The number of ether oxygens (including phenoxy) is 1. The van der Waals surface area contributed by atoms with Gasteiger partial charge in [-0.1, -0.05) is 70.9 Å². The van der Waals surface area contributed by atoms with Crippen molar-refractivity contribution in [2.75, 3.05) is 132 Å². The summed E-state index contributed by atoms with van der Waals surface area (Å²) in [4.78, 5) is 60.4. The number of carbonyl (C=O) groups excluding carboxylic acids is 4. The van der Waals surface area contributed by atoms with Crippen molar-refractivity contribution in [2.24, 2.45) is 37.4 Å². The summed E-state index contributed by atoms with van der Waals surface area (Å²) in [6.07, 6.45) is 0.942. The molecule has 0 heterocycles. The van der Waals surface area contributed by atoms with Gasteiger partial charge in [0.15, 0.2) is 0 Å². The zero-order valence-electron chi connectivity index (χ0n) is 65.1. The van der Waals surface area contributed by atoms with Crippen molar-refractivity contribution in [3.63, 3.8) is 0 Å².